The number of likely N-dealkylation sites (N-methyl/N-ethyl adjacent to an activating group) is 1. The molecule has 1 aromatic heterocycles. The predicted octanol–water partition coefficient (Wildman–Crippen LogP) is 2.78. The number of carboxylic acid groups (broad SMARTS) is 1. The Morgan fingerprint density at radius 2 is 1.68 bits per heavy atom. The van der Waals surface area contributed by atoms with Gasteiger partial charge in [0.05, 0.1) is 12.6 Å². The van der Waals surface area contributed by atoms with Gasteiger partial charge in [0.2, 0.25) is 17.7 Å². The van der Waals surface area contributed by atoms with Crippen molar-refractivity contribution in [2.24, 2.45) is 13.0 Å². The molecule has 0 radical (unpaired) electrons. The third kappa shape index (κ3) is 6.38. The van der Waals surface area contributed by atoms with E-state index in [0.29, 0.717) is 11.4 Å². The highest BCUT2D eigenvalue weighted by Gasteiger charge is 2.42. The van der Waals surface area contributed by atoms with E-state index in [1.54, 1.807) is 28.5 Å². The lowest BCUT2D eigenvalue weighted by molar-refractivity contribution is -0.141. The summed E-state index contributed by atoms with van der Waals surface area (Å²) in [5.74, 6) is -3.92. The second kappa shape index (κ2) is 11.9. The number of benzene rings is 1. The molecule has 1 saturated heterocycles. The number of piperazine rings is 1. The molecule has 1 aliphatic heterocycles. The molecule has 2 fully saturated rings. The van der Waals surface area contributed by atoms with Gasteiger partial charge in [-0.05, 0) is 43.9 Å². The maximum Gasteiger partial charge on any atom is 0.407 e. The maximum absolute atomic E-state index is 13.9. The van der Waals surface area contributed by atoms with Gasteiger partial charge in [-0.25, -0.2) is 13.6 Å². The van der Waals surface area contributed by atoms with Crippen LogP contribution >= 0.6 is 0 Å². The molecule has 2 N–H and O–H groups in total. The van der Waals surface area contributed by atoms with Gasteiger partial charge < -0.3 is 29.5 Å². The van der Waals surface area contributed by atoms with E-state index in [1.807, 2.05) is 24.3 Å². The van der Waals surface area contributed by atoms with Crippen LogP contribution in [0.2, 0.25) is 0 Å². The van der Waals surface area contributed by atoms with Gasteiger partial charge in [-0.3, -0.25) is 19.3 Å². The average Bonchev–Trinajstić information content (AvgIpc) is 3.29. The predicted molar refractivity (Wildman–Crippen MR) is 146 cm³/mol. The van der Waals surface area contributed by atoms with Gasteiger partial charge in [0, 0.05) is 64.6 Å². The normalized spacial score (nSPS) is 19.0. The van der Waals surface area contributed by atoms with Crippen LogP contribution in [0.3, 0.4) is 0 Å². The fourth-order valence-electron chi connectivity index (χ4n) is 5.52. The topological polar surface area (TPSA) is 124 Å². The number of amides is 4. The highest BCUT2D eigenvalue weighted by molar-refractivity contribution is 5.99. The number of aromatic nitrogens is 1. The van der Waals surface area contributed by atoms with Crippen LogP contribution in [0.15, 0.2) is 24.3 Å². The number of carbonyl (C=O) groups excluding carboxylic acids is 3. The van der Waals surface area contributed by atoms with Crippen LogP contribution in [0.5, 0.6) is 5.75 Å². The zero-order valence-corrected chi connectivity index (χ0v) is 23.7. The highest BCUT2D eigenvalue weighted by Crippen LogP contribution is 2.38. The Morgan fingerprint density at radius 1 is 1.07 bits per heavy atom. The van der Waals surface area contributed by atoms with Crippen LogP contribution in [-0.2, 0) is 16.6 Å². The molecular formula is C28H37F2N5O6. The Labute approximate surface area is 237 Å². The van der Waals surface area contributed by atoms with Crippen molar-refractivity contribution in [2.75, 3.05) is 40.3 Å². The lowest BCUT2D eigenvalue weighted by Crippen LogP contribution is -2.60. The van der Waals surface area contributed by atoms with Crippen molar-refractivity contribution in [1.82, 2.24) is 24.6 Å². The molecule has 224 valence electrons. The number of nitrogens with one attached hydrogen (secondary N) is 1. The molecule has 13 heteroatoms. The maximum atomic E-state index is 13.9. The number of hydrogen-bond donors (Lipinski definition) is 2. The van der Waals surface area contributed by atoms with Gasteiger partial charge in [0.25, 0.3) is 5.91 Å². The zero-order valence-electron chi connectivity index (χ0n) is 23.7. The average molecular weight is 578 g/mol. The largest absolute Gasteiger partial charge is 0.497 e. The van der Waals surface area contributed by atoms with Crippen LogP contribution < -0.4 is 10.1 Å². The second-order valence-corrected chi connectivity index (χ2v) is 10.9. The summed E-state index contributed by atoms with van der Waals surface area (Å²) in [5.41, 5.74) is 1.35. The molecule has 4 amide bonds. The molecule has 1 aliphatic carbocycles. The number of hydrogen-bond acceptors (Lipinski definition) is 5. The van der Waals surface area contributed by atoms with E-state index in [4.69, 9.17) is 4.74 Å². The monoisotopic (exact) mass is 577 g/mol. The Kier molecular flexibility index (Phi) is 8.74. The molecule has 2 aromatic rings. The van der Waals surface area contributed by atoms with Crippen molar-refractivity contribution in [3.8, 4) is 5.75 Å². The number of fused-ring (bicyclic) bond motifs is 1. The van der Waals surface area contributed by atoms with Gasteiger partial charge in [-0.15, -0.1) is 0 Å². The first kappa shape index (κ1) is 30.1. The molecule has 41 heavy (non-hydrogen) atoms. The number of aryl methyl sites for hydroxylation is 1. The van der Waals surface area contributed by atoms with E-state index in [0.717, 1.165) is 15.8 Å². The quantitative estimate of drug-likeness (QED) is 0.522. The molecule has 2 heterocycles. The molecule has 0 spiro atoms. The molecular weight excluding hydrogens is 540 g/mol. The van der Waals surface area contributed by atoms with E-state index in [-0.39, 0.29) is 57.8 Å². The number of nitrogens with zero attached hydrogens (tertiary/aromatic N) is 4. The fourth-order valence-corrected chi connectivity index (χ4v) is 5.52. The fraction of sp³-hybridized carbons (Fsp3) is 0.571. The molecule has 1 saturated carbocycles. The van der Waals surface area contributed by atoms with Gasteiger partial charge in [0.1, 0.15) is 23.5 Å². The highest BCUT2D eigenvalue weighted by atomic mass is 19.3. The van der Waals surface area contributed by atoms with Gasteiger partial charge in [-0.2, -0.15) is 0 Å². The standard InChI is InChI=1S/C28H37F2N5O6/c1-17(32(2)27(39)40)24(36)31-23(18-7-9-28(29,30)10-8-18)26(38)35-13-11-34(12-14-35)25(37)22-15-19-5-6-20(41-4)16-21(19)33(22)3/h5-6,15-18,23H,7-14H2,1-4H3,(H,31,36)(H,39,40)/t17?,23-/m0/s1. The first-order valence-corrected chi connectivity index (χ1v) is 13.7. The molecule has 4 rings (SSSR count). The van der Waals surface area contributed by atoms with Crippen molar-refractivity contribution >= 4 is 34.7 Å². The third-order valence-corrected chi connectivity index (χ3v) is 8.41. The van der Waals surface area contributed by atoms with Crippen LogP contribution in [0.1, 0.15) is 43.1 Å². The first-order valence-electron chi connectivity index (χ1n) is 13.7. The number of methoxy groups -OCH3 is 1. The molecule has 1 aromatic carbocycles. The molecule has 11 nitrogen and oxygen atoms in total. The Bertz CT molecular complexity index is 1310. The minimum atomic E-state index is -2.82. The lowest BCUT2D eigenvalue weighted by atomic mass is 9.81. The minimum Gasteiger partial charge on any atom is -0.497 e. The van der Waals surface area contributed by atoms with E-state index in [2.05, 4.69) is 5.32 Å². The van der Waals surface area contributed by atoms with Crippen LogP contribution in [0, 0.1) is 5.92 Å². The lowest BCUT2D eigenvalue weighted by Gasteiger charge is -2.40. The smallest absolute Gasteiger partial charge is 0.407 e. The SMILES string of the molecule is COc1ccc2cc(C(=O)N3CCN(C(=O)[C@@H](NC(=O)C(C)N(C)C(=O)O)C4CCC(F)(F)CC4)CC3)n(C)c2c1. The van der Waals surface area contributed by atoms with E-state index >= 15 is 0 Å². The number of rotatable bonds is 7. The summed E-state index contributed by atoms with van der Waals surface area (Å²) < 4.78 is 34.8. The Hall–Kier alpha value is -3.90. The van der Waals surface area contributed by atoms with Crippen molar-refractivity contribution in [2.45, 2.75) is 50.6 Å². The Balaban J connectivity index is 1.45. The first-order chi connectivity index (χ1) is 19.3. The number of halogens is 2. The van der Waals surface area contributed by atoms with Crippen LogP contribution in [0.4, 0.5) is 13.6 Å². The van der Waals surface area contributed by atoms with E-state index in [9.17, 15) is 33.1 Å². The minimum absolute atomic E-state index is 0.0527. The summed E-state index contributed by atoms with van der Waals surface area (Å²) >= 11 is 0. The summed E-state index contributed by atoms with van der Waals surface area (Å²) in [7, 11) is 4.62. The number of ether oxygens (including phenoxy) is 1. The number of alkyl halides is 2. The second-order valence-electron chi connectivity index (χ2n) is 10.9. The number of carbonyl (C=O) groups is 4. The zero-order chi connectivity index (χ0) is 30.1. The third-order valence-electron chi connectivity index (χ3n) is 8.41. The summed E-state index contributed by atoms with van der Waals surface area (Å²) in [6.45, 7) is 2.34. The van der Waals surface area contributed by atoms with Crippen molar-refractivity contribution in [3.05, 3.63) is 30.0 Å². The van der Waals surface area contributed by atoms with Gasteiger partial charge >= 0.3 is 6.09 Å². The summed E-state index contributed by atoms with van der Waals surface area (Å²) in [5, 5.41) is 12.8. The van der Waals surface area contributed by atoms with Crippen LogP contribution in [-0.4, -0.2) is 107 Å². The van der Waals surface area contributed by atoms with Crippen molar-refractivity contribution < 1.29 is 37.8 Å². The Morgan fingerprint density at radius 3 is 2.27 bits per heavy atom. The van der Waals surface area contributed by atoms with Crippen molar-refractivity contribution in [1.29, 1.82) is 0 Å². The summed E-state index contributed by atoms with van der Waals surface area (Å²) in [6, 6.07) is 5.22. The summed E-state index contributed by atoms with van der Waals surface area (Å²) in [6.07, 6.45) is -1.98. The van der Waals surface area contributed by atoms with Gasteiger partial charge in [-0.1, -0.05) is 0 Å². The van der Waals surface area contributed by atoms with Crippen LogP contribution in [0.25, 0.3) is 10.9 Å². The summed E-state index contributed by atoms with van der Waals surface area (Å²) in [4.78, 5) is 55.3. The van der Waals surface area contributed by atoms with E-state index < -0.39 is 41.8 Å². The molecule has 2 atom stereocenters. The molecule has 1 unspecified atom stereocenters. The molecule has 0 bridgehead atoms. The van der Waals surface area contributed by atoms with E-state index in [1.165, 1.54) is 14.0 Å². The van der Waals surface area contributed by atoms with Gasteiger partial charge in [0.15, 0.2) is 0 Å². The molecule has 2 aliphatic rings. The van der Waals surface area contributed by atoms with Crippen molar-refractivity contribution in [3.63, 3.8) is 0 Å².